The molecule has 0 aliphatic carbocycles. The Kier molecular flexibility index (Phi) is 5.75. The number of rotatable bonds is 4. The van der Waals surface area contributed by atoms with E-state index in [-0.39, 0.29) is 0 Å². The van der Waals surface area contributed by atoms with Crippen molar-refractivity contribution < 1.29 is 0 Å². The molecule has 1 fully saturated rings. The van der Waals surface area contributed by atoms with Gasteiger partial charge in [-0.3, -0.25) is 0 Å². The highest BCUT2D eigenvalue weighted by Gasteiger charge is 2.21. The first kappa shape index (κ1) is 11.9. The maximum atomic E-state index is 3.48. The van der Waals surface area contributed by atoms with Crippen LogP contribution in [0.5, 0.6) is 0 Å². The normalized spacial score (nSPS) is 30.7. The molecule has 1 rings (SSSR count). The molecular weight excluding hydrogens is 246 g/mol. The van der Waals surface area contributed by atoms with E-state index in [0.29, 0.717) is 0 Å². The maximum absolute atomic E-state index is 3.48. The first-order chi connectivity index (χ1) is 6.22. The predicted octanol–water partition coefficient (Wildman–Crippen LogP) is 2.99. The summed E-state index contributed by atoms with van der Waals surface area (Å²) in [7, 11) is 0. The first-order valence-electron chi connectivity index (χ1n) is 5.16. The summed E-state index contributed by atoms with van der Waals surface area (Å²) >= 11 is 5.61. The summed E-state index contributed by atoms with van der Waals surface area (Å²) in [5, 5.41) is 2.81. The Hall–Kier alpha value is 0.790. The predicted molar refractivity (Wildman–Crippen MR) is 66.0 cm³/mol. The fourth-order valence-corrected chi connectivity index (χ4v) is 3.68. The van der Waals surface area contributed by atoms with E-state index in [1.54, 1.807) is 0 Å². The molecule has 3 heteroatoms. The van der Waals surface area contributed by atoms with E-state index < -0.39 is 0 Å². The third kappa shape index (κ3) is 4.71. The summed E-state index contributed by atoms with van der Waals surface area (Å²) < 4.78 is 0. The summed E-state index contributed by atoms with van der Waals surface area (Å²) in [5.41, 5.74) is 0. The molecule has 0 spiro atoms. The van der Waals surface area contributed by atoms with E-state index >= 15 is 0 Å². The van der Waals surface area contributed by atoms with Crippen molar-refractivity contribution in [1.82, 2.24) is 4.90 Å². The molecule has 0 aromatic carbocycles. The van der Waals surface area contributed by atoms with Crippen LogP contribution in [0.15, 0.2) is 0 Å². The molecule has 0 N–H and O–H groups in total. The molecular formula is C10H20BrNS. The molecule has 1 aliphatic heterocycles. The largest absolute Gasteiger partial charge is 0.301 e. The maximum Gasteiger partial charge on any atom is 0.0149 e. The van der Waals surface area contributed by atoms with Crippen LogP contribution < -0.4 is 0 Å². The summed E-state index contributed by atoms with van der Waals surface area (Å²) in [5.74, 6) is 0. The van der Waals surface area contributed by atoms with Gasteiger partial charge in [0.15, 0.2) is 0 Å². The van der Waals surface area contributed by atoms with E-state index in [4.69, 9.17) is 0 Å². The topological polar surface area (TPSA) is 3.24 Å². The van der Waals surface area contributed by atoms with Gasteiger partial charge in [0, 0.05) is 28.9 Å². The van der Waals surface area contributed by atoms with Crippen LogP contribution in [0.1, 0.15) is 26.7 Å². The van der Waals surface area contributed by atoms with E-state index in [9.17, 15) is 0 Å². The Morgan fingerprint density at radius 1 is 1.23 bits per heavy atom. The van der Waals surface area contributed by atoms with Gasteiger partial charge >= 0.3 is 0 Å². The smallest absolute Gasteiger partial charge is 0.0149 e. The zero-order valence-electron chi connectivity index (χ0n) is 8.63. The lowest BCUT2D eigenvalue weighted by molar-refractivity contribution is 0.267. The zero-order chi connectivity index (χ0) is 9.68. The molecule has 1 aliphatic rings. The molecule has 0 aromatic rings. The number of halogens is 1. The average molecular weight is 266 g/mol. The molecule has 0 bridgehead atoms. The van der Waals surface area contributed by atoms with Crippen LogP contribution in [-0.4, -0.2) is 40.4 Å². The minimum absolute atomic E-state index is 0.827. The molecule has 1 heterocycles. The molecule has 1 saturated heterocycles. The van der Waals surface area contributed by atoms with E-state index in [0.717, 1.165) is 15.8 Å². The van der Waals surface area contributed by atoms with Crippen LogP contribution in [0.3, 0.4) is 0 Å². The molecule has 2 unspecified atom stereocenters. The second-order valence-electron chi connectivity index (χ2n) is 3.91. The first-order valence-corrected chi connectivity index (χ1v) is 7.22. The zero-order valence-corrected chi connectivity index (χ0v) is 11.0. The van der Waals surface area contributed by atoms with E-state index in [2.05, 4.69) is 46.4 Å². The summed E-state index contributed by atoms with van der Waals surface area (Å²) in [4.78, 5) is 2.62. The molecule has 0 aromatic heterocycles. The van der Waals surface area contributed by atoms with Crippen LogP contribution in [0.4, 0.5) is 0 Å². The fraction of sp³-hybridized carbons (Fsp3) is 1.00. The molecule has 78 valence electrons. The second-order valence-corrected chi connectivity index (χ2v) is 6.59. The van der Waals surface area contributed by atoms with Gasteiger partial charge < -0.3 is 4.90 Å². The SMILES string of the molecule is CC1CN(CCCCBr)CC(C)S1. The van der Waals surface area contributed by atoms with Gasteiger partial charge in [-0.25, -0.2) is 0 Å². The molecule has 0 amide bonds. The lowest BCUT2D eigenvalue weighted by atomic mass is 10.2. The number of hydrogen-bond acceptors (Lipinski definition) is 2. The van der Waals surface area contributed by atoms with Crippen molar-refractivity contribution in [2.75, 3.05) is 25.0 Å². The number of thioether (sulfide) groups is 1. The number of hydrogen-bond donors (Lipinski definition) is 0. The quantitative estimate of drug-likeness (QED) is 0.568. The number of nitrogens with zero attached hydrogens (tertiary/aromatic N) is 1. The second kappa shape index (κ2) is 6.31. The number of unbranched alkanes of at least 4 members (excludes halogenated alkanes) is 1. The summed E-state index contributed by atoms with van der Waals surface area (Å²) in [6, 6.07) is 0. The van der Waals surface area contributed by atoms with Gasteiger partial charge in [0.05, 0.1) is 0 Å². The van der Waals surface area contributed by atoms with Gasteiger partial charge in [0.1, 0.15) is 0 Å². The van der Waals surface area contributed by atoms with E-state index in [1.165, 1.54) is 32.5 Å². The van der Waals surface area contributed by atoms with Gasteiger partial charge in [0.25, 0.3) is 0 Å². The molecule has 0 saturated carbocycles. The summed E-state index contributed by atoms with van der Waals surface area (Å²) in [6.45, 7) is 8.56. The third-order valence-electron chi connectivity index (χ3n) is 2.35. The molecule has 2 atom stereocenters. The third-order valence-corrected chi connectivity index (χ3v) is 4.14. The van der Waals surface area contributed by atoms with Crippen LogP contribution in [0.2, 0.25) is 0 Å². The van der Waals surface area contributed by atoms with Crippen molar-refractivity contribution in [2.24, 2.45) is 0 Å². The van der Waals surface area contributed by atoms with Crippen LogP contribution >= 0.6 is 27.7 Å². The lowest BCUT2D eigenvalue weighted by Gasteiger charge is -2.34. The van der Waals surface area contributed by atoms with Crippen molar-refractivity contribution in [2.45, 2.75) is 37.2 Å². The van der Waals surface area contributed by atoms with Crippen LogP contribution in [0, 0.1) is 0 Å². The lowest BCUT2D eigenvalue weighted by Crippen LogP contribution is -2.40. The fourth-order valence-electron chi connectivity index (χ4n) is 1.90. The van der Waals surface area contributed by atoms with Gasteiger partial charge in [-0.15, -0.1) is 0 Å². The van der Waals surface area contributed by atoms with Gasteiger partial charge in [0.2, 0.25) is 0 Å². The molecule has 13 heavy (non-hydrogen) atoms. The Bertz CT molecular complexity index is 133. The van der Waals surface area contributed by atoms with Crippen LogP contribution in [0.25, 0.3) is 0 Å². The Balaban J connectivity index is 2.17. The highest BCUT2D eigenvalue weighted by Crippen LogP contribution is 2.24. The van der Waals surface area contributed by atoms with Gasteiger partial charge in [-0.2, -0.15) is 11.8 Å². The van der Waals surface area contributed by atoms with Gasteiger partial charge in [-0.05, 0) is 19.4 Å². The van der Waals surface area contributed by atoms with E-state index in [1.807, 2.05) is 0 Å². The monoisotopic (exact) mass is 265 g/mol. The molecule has 0 radical (unpaired) electrons. The van der Waals surface area contributed by atoms with Crippen molar-refractivity contribution in [3.8, 4) is 0 Å². The minimum atomic E-state index is 0.827. The summed E-state index contributed by atoms with van der Waals surface area (Å²) in [6.07, 6.45) is 2.65. The number of alkyl halides is 1. The molecule has 1 nitrogen and oxygen atoms in total. The van der Waals surface area contributed by atoms with Crippen molar-refractivity contribution in [3.05, 3.63) is 0 Å². The highest BCUT2D eigenvalue weighted by molar-refractivity contribution is 9.09. The standard InChI is InChI=1S/C10H20BrNS/c1-9-7-12(6-4-3-5-11)8-10(2)13-9/h9-10H,3-8H2,1-2H3. The van der Waals surface area contributed by atoms with Crippen molar-refractivity contribution >= 4 is 27.7 Å². The van der Waals surface area contributed by atoms with Gasteiger partial charge in [-0.1, -0.05) is 29.8 Å². The Morgan fingerprint density at radius 2 is 1.85 bits per heavy atom. The van der Waals surface area contributed by atoms with Crippen molar-refractivity contribution in [1.29, 1.82) is 0 Å². The Morgan fingerprint density at radius 3 is 2.38 bits per heavy atom. The highest BCUT2D eigenvalue weighted by atomic mass is 79.9. The minimum Gasteiger partial charge on any atom is -0.301 e. The average Bonchev–Trinajstić information content (AvgIpc) is 2.03. The Labute approximate surface area is 94.8 Å². The van der Waals surface area contributed by atoms with Crippen molar-refractivity contribution in [3.63, 3.8) is 0 Å². The van der Waals surface area contributed by atoms with Crippen LogP contribution in [-0.2, 0) is 0 Å².